The number of benzene rings is 1. The van der Waals surface area contributed by atoms with Crippen LogP contribution in [0.1, 0.15) is 15.9 Å². The van der Waals surface area contributed by atoms with Crippen LogP contribution in [0.4, 0.5) is 17.2 Å². The molecule has 0 fully saturated rings. The number of carbonyl (C=O) groups is 1. The minimum atomic E-state index is -0.603. The van der Waals surface area contributed by atoms with E-state index in [2.05, 4.69) is 26.2 Å². The SMILES string of the molecule is Cc1cc(Br)c(Nc2cc(C(N)=O)c(N)cn2)cc1Cl. The van der Waals surface area contributed by atoms with Gasteiger partial charge in [0.15, 0.2) is 0 Å². The lowest BCUT2D eigenvalue weighted by Gasteiger charge is -2.11. The molecule has 1 aromatic heterocycles. The van der Waals surface area contributed by atoms with Crippen molar-refractivity contribution in [3.05, 3.63) is 45.0 Å². The molecular formula is C13H12BrClN4O. The highest BCUT2D eigenvalue weighted by Gasteiger charge is 2.10. The molecule has 0 radical (unpaired) electrons. The summed E-state index contributed by atoms with van der Waals surface area (Å²) >= 11 is 9.52. The van der Waals surface area contributed by atoms with Crippen LogP contribution < -0.4 is 16.8 Å². The molecule has 0 atom stereocenters. The van der Waals surface area contributed by atoms with Crippen molar-refractivity contribution < 1.29 is 4.79 Å². The number of aryl methyl sites for hydroxylation is 1. The minimum Gasteiger partial charge on any atom is -0.397 e. The quantitative estimate of drug-likeness (QED) is 0.788. The van der Waals surface area contributed by atoms with Gasteiger partial charge in [0, 0.05) is 9.50 Å². The number of aromatic nitrogens is 1. The smallest absolute Gasteiger partial charge is 0.250 e. The normalized spacial score (nSPS) is 10.3. The van der Waals surface area contributed by atoms with E-state index in [-0.39, 0.29) is 11.3 Å². The van der Waals surface area contributed by atoms with Crippen LogP contribution in [-0.4, -0.2) is 10.9 Å². The summed E-state index contributed by atoms with van der Waals surface area (Å²) < 4.78 is 0.832. The molecule has 0 spiro atoms. The Hall–Kier alpha value is -1.79. The molecule has 2 rings (SSSR count). The minimum absolute atomic E-state index is 0.219. The molecule has 0 aliphatic carbocycles. The fourth-order valence-corrected chi connectivity index (χ4v) is 2.35. The molecule has 0 bridgehead atoms. The third-order valence-corrected chi connectivity index (χ3v) is 3.77. The third-order valence-electron chi connectivity index (χ3n) is 2.71. The number of rotatable bonds is 3. The first-order valence-corrected chi connectivity index (χ1v) is 6.83. The van der Waals surface area contributed by atoms with Gasteiger partial charge >= 0.3 is 0 Å². The second-order valence-electron chi connectivity index (χ2n) is 4.23. The van der Waals surface area contributed by atoms with Gasteiger partial charge in [-0.2, -0.15) is 0 Å². The number of amides is 1. The molecule has 5 nitrogen and oxygen atoms in total. The van der Waals surface area contributed by atoms with Crippen molar-refractivity contribution in [2.75, 3.05) is 11.1 Å². The Morgan fingerprint density at radius 1 is 1.40 bits per heavy atom. The first-order chi connectivity index (χ1) is 9.38. The van der Waals surface area contributed by atoms with E-state index in [9.17, 15) is 4.79 Å². The predicted octanol–water partition coefficient (Wildman–Crippen LogP) is 3.23. The summed E-state index contributed by atoms with van der Waals surface area (Å²) in [6.45, 7) is 1.91. The summed E-state index contributed by atoms with van der Waals surface area (Å²) in [5, 5.41) is 3.68. The van der Waals surface area contributed by atoms with Gasteiger partial charge in [-0.3, -0.25) is 4.79 Å². The van der Waals surface area contributed by atoms with Crippen molar-refractivity contribution in [1.29, 1.82) is 0 Å². The molecule has 1 heterocycles. The lowest BCUT2D eigenvalue weighted by molar-refractivity contribution is 0.100. The monoisotopic (exact) mass is 354 g/mol. The Balaban J connectivity index is 2.38. The zero-order valence-corrected chi connectivity index (χ0v) is 12.9. The zero-order chi connectivity index (χ0) is 14.9. The van der Waals surface area contributed by atoms with Crippen molar-refractivity contribution in [3.8, 4) is 0 Å². The average molecular weight is 356 g/mol. The predicted molar refractivity (Wildman–Crippen MR) is 84.3 cm³/mol. The summed E-state index contributed by atoms with van der Waals surface area (Å²) in [4.78, 5) is 15.4. The maximum atomic E-state index is 11.2. The van der Waals surface area contributed by atoms with Crippen LogP contribution in [0.2, 0.25) is 5.02 Å². The van der Waals surface area contributed by atoms with E-state index >= 15 is 0 Å². The number of anilines is 3. The number of primary amides is 1. The number of halogens is 2. The van der Waals surface area contributed by atoms with Crippen LogP contribution in [0.3, 0.4) is 0 Å². The molecular weight excluding hydrogens is 344 g/mol. The van der Waals surface area contributed by atoms with Crippen LogP contribution in [-0.2, 0) is 0 Å². The summed E-state index contributed by atoms with van der Waals surface area (Å²) in [6, 6.07) is 5.15. The largest absolute Gasteiger partial charge is 0.397 e. The van der Waals surface area contributed by atoms with Crippen molar-refractivity contribution >= 4 is 50.6 Å². The number of nitrogen functional groups attached to an aromatic ring is 1. The van der Waals surface area contributed by atoms with Crippen LogP contribution in [0.15, 0.2) is 28.9 Å². The molecule has 5 N–H and O–H groups in total. The van der Waals surface area contributed by atoms with E-state index in [4.69, 9.17) is 23.1 Å². The highest BCUT2D eigenvalue weighted by Crippen LogP contribution is 2.31. The molecule has 20 heavy (non-hydrogen) atoms. The second kappa shape index (κ2) is 5.68. The Bertz CT molecular complexity index is 690. The first-order valence-electron chi connectivity index (χ1n) is 5.66. The van der Waals surface area contributed by atoms with E-state index in [1.807, 2.05) is 13.0 Å². The van der Waals surface area contributed by atoms with Gasteiger partial charge in [0.05, 0.1) is 23.1 Å². The highest BCUT2D eigenvalue weighted by atomic mass is 79.9. The molecule has 1 aromatic carbocycles. The molecule has 0 aliphatic rings. The Labute approximate surface area is 129 Å². The van der Waals surface area contributed by atoms with Gasteiger partial charge in [0.2, 0.25) is 0 Å². The Morgan fingerprint density at radius 3 is 2.75 bits per heavy atom. The highest BCUT2D eigenvalue weighted by molar-refractivity contribution is 9.10. The van der Waals surface area contributed by atoms with E-state index in [0.29, 0.717) is 10.8 Å². The summed E-state index contributed by atoms with van der Waals surface area (Å²) in [5.41, 5.74) is 13.0. The number of nitrogens with two attached hydrogens (primary N) is 2. The molecule has 0 saturated carbocycles. The molecule has 1 amide bonds. The second-order valence-corrected chi connectivity index (χ2v) is 5.49. The van der Waals surface area contributed by atoms with Crippen LogP contribution in [0, 0.1) is 6.92 Å². The summed E-state index contributed by atoms with van der Waals surface area (Å²) in [6.07, 6.45) is 1.38. The summed E-state index contributed by atoms with van der Waals surface area (Å²) in [7, 11) is 0. The molecule has 0 aliphatic heterocycles. The Morgan fingerprint density at radius 2 is 2.10 bits per heavy atom. The van der Waals surface area contributed by atoms with Crippen molar-refractivity contribution in [2.24, 2.45) is 5.73 Å². The third kappa shape index (κ3) is 3.02. The number of nitrogens with zero attached hydrogens (tertiary/aromatic N) is 1. The van der Waals surface area contributed by atoms with Crippen LogP contribution >= 0.6 is 27.5 Å². The van der Waals surface area contributed by atoms with E-state index in [1.165, 1.54) is 12.3 Å². The van der Waals surface area contributed by atoms with Gasteiger partial charge < -0.3 is 16.8 Å². The Kier molecular flexibility index (Phi) is 4.15. The van der Waals surface area contributed by atoms with Crippen molar-refractivity contribution in [3.63, 3.8) is 0 Å². The number of carbonyl (C=O) groups excluding carboxylic acids is 1. The van der Waals surface area contributed by atoms with Gasteiger partial charge in [-0.1, -0.05) is 11.6 Å². The van der Waals surface area contributed by atoms with Gasteiger partial charge in [-0.25, -0.2) is 4.98 Å². The maximum Gasteiger partial charge on any atom is 0.250 e. The molecule has 0 saturated heterocycles. The fraction of sp³-hybridized carbons (Fsp3) is 0.0769. The van der Waals surface area contributed by atoms with Gasteiger partial charge in [-0.05, 0) is 46.6 Å². The number of hydrogen-bond acceptors (Lipinski definition) is 4. The standard InChI is InChI=1S/C13H12BrClN4O/c1-6-2-8(14)11(4-9(6)15)19-12-3-7(13(17)20)10(16)5-18-12/h2-5H,16H2,1H3,(H2,17,20)(H,18,19). The van der Waals surface area contributed by atoms with Crippen LogP contribution in [0.5, 0.6) is 0 Å². The van der Waals surface area contributed by atoms with E-state index in [0.717, 1.165) is 15.7 Å². The molecule has 7 heteroatoms. The summed E-state index contributed by atoms with van der Waals surface area (Å²) in [5.74, 6) is -0.150. The van der Waals surface area contributed by atoms with E-state index < -0.39 is 5.91 Å². The van der Waals surface area contributed by atoms with E-state index in [1.54, 1.807) is 6.07 Å². The van der Waals surface area contributed by atoms with Gasteiger partial charge in [0.25, 0.3) is 5.91 Å². The maximum absolute atomic E-state index is 11.2. The van der Waals surface area contributed by atoms with Gasteiger partial charge in [-0.15, -0.1) is 0 Å². The number of pyridine rings is 1. The lowest BCUT2D eigenvalue weighted by atomic mass is 10.2. The van der Waals surface area contributed by atoms with Crippen LogP contribution in [0.25, 0.3) is 0 Å². The lowest BCUT2D eigenvalue weighted by Crippen LogP contribution is -2.14. The van der Waals surface area contributed by atoms with Gasteiger partial charge in [0.1, 0.15) is 5.82 Å². The molecule has 0 unspecified atom stereocenters. The number of nitrogens with one attached hydrogen (secondary N) is 1. The molecule has 2 aromatic rings. The van der Waals surface area contributed by atoms with Crippen molar-refractivity contribution in [1.82, 2.24) is 4.98 Å². The molecule has 104 valence electrons. The zero-order valence-electron chi connectivity index (χ0n) is 10.6. The topological polar surface area (TPSA) is 94.0 Å². The van der Waals surface area contributed by atoms with Crippen molar-refractivity contribution in [2.45, 2.75) is 6.92 Å². The number of hydrogen-bond donors (Lipinski definition) is 3. The first kappa shape index (κ1) is 14.6. The average Bonchev–Trinajstić information content (AvgIpc) is 2.37. The fourth-order valence-electron chi connectivity index (χ4n) is 1.63.